The quantitative estimate of drug-likeness (QED) is 0.590. The fourth-order valence-corrected chi connectivity index (χ4v) is 2.23. The minimum absolute atomic E-state index is 0.470. The first-order chi connectivity index (χ1) is 10.2. The maximum atomic E-state index is 5.25. The van der Waals surface area contributed by atoms with Crippen LogP contribution in [0.4, 0.5) is 0 Å². The molecule has 4 nitrogen and oxygen atoms in total. The van der Waals surface area contributed by atoms with E-state index in [2.05, 4.69) is 34.4 Å². The Kier molecular flexibility index (Phi) is 3.75. The first-order valence-corrected chi connectivity index (χ1v) is 6.99. The monoisotopic (exact) mass is 294 g/mol. The number of nitrogens with zero attached hydrogens (tertiary/aromatic N) is 3. The third-order valence-electron chi connectivity index (χ3n) is 3.05. The van der Waals surface area contributed by atoms with Crippen LogP contribution in [0.2, 0.25) is 0 Å². The molecule has 0 fully saturated rings. The molecule has 0 aliphatic rings. The molecule has 0 unspecified atom stereocenters. The molecule has 5 heteroatoms. The summed E-state index contributed by atoms with van der Waals surface area (Å²) in [5.41, 5.74) is 3.18. The third-order valence-corrected chi connectivity index (χ3v) is 3.31. The number of hydrogen-bond donors (Lipinski definition) is 1. The molecule has 104 valence electrons. The maximum absolute atomic E-state index is 5.25. The Morgan fingerprint density at radius 3 is 2.71 bits per heavy atom. The maximum Gasteiger partial charge on any atom is 0.216 e. The van der Waals surface area contributed by atoms with Crippen LogP contribution in [0.5, 0.6) is 0 Å². The van der Waals surface area contributed by atoms with Crippen LogP contribution in [-0.4, -0.2) is 21.1 Å². The van der Waals surface area contributed by atoms with E-state index >= 15 is 0 Å². The SMILES string of the molecule is Cc1cccc(/C=N/n2c(-c3ccccc3)n[nH]c2=S)c1. The van der Waals surface area contributed by atoms with Crippen molar-refractivity contribution in [3.63, 3.8) is 0 Å². The van der Waals surface area contributed by atoms with Crippen molar-refractivity contribution < 1.29 is 0 Å². The minimum Gasteiger partial charge on any atom is -0.250 e. The van der Waals surface area contributed by atoms with Crippen molar-refractivity contribution in [1.82, 2.24) is 14.9 Å². The lowest BCUT2D eigenvalue weighted by molar-refractivity contribution is 0.871. The van der Waals surface area contributed by atoms with Gasteiger partial charge in [0.05, 0.1) is 6.21 Å². The fraction of sp³-hybridized carbons (Fsp3) is 0.0625. The van der Waals surface area contributed by atoms with Gasteiger partial charge in [-0.1, -0.05) is 60.2 Å². The van der Waals surface area contributed by atoms with Crippen LogP contribution < -0.4 is 0 Å². The second-order valence-corrected chi connectivity index (χ2v) is 5.08. The lowest BCUT2D eigenvalue weighted by atomic mass is 10.2. The summed E-state index contributed by atoms with van der Waals surface area (Å²) in [6.07, 6.45) is 1.78. The van der Waals surface area contributed by atoms with Gasteiger partial charge in [0.25, 0.3) is 0 Å². The van der Waals surface area contributed by atoms with Crippen LogP contribution in [-0.2, 0) is 0 Å². The molecule has 0 aliphatic heterocycles. The summed E-state index contributed by atoms with van der Waals surface area (Å²) in [6.45, 7) is 2.05. The van der Waals surface area contributed by atoms with E-state index in [1.165, 1.54) is 5.56 Å². The Hall–Kier alpha value is -2.53. The zero-order valence-corrected chi connectivity index (χ0v) is 12.3. The number of hydrogen-bond acceptors (Lipinski definition) is 3. The second kappa shape index (κ2) is 5.85. The Morgan fingerprint density at radius 2 is 1.95 bits per heavy atom. The largest absolute Gasteiger partial charge is 0.250 e. The highest BCUT2D eigenvalue weighted by Crippen LogP contribution is 2.16. The number of aromatic amines is 1. The van der Waals surface area contributed by atoms with Gasteiger partial charge in [0.1, 0.15) is 0 Å². The van der Waals surface area contributed by atoms with Gasteiger partial charge in [-0.05, 0) is 24.7 Å². The summed E-state index contributed by atoms with van der Waals surface area (Å²) in [5.74, 6) is 0.699. The van der Waals surface area contributed by atoms with E-state index in [0.717, 1.165) is 11.1 Å². The van der Waals surface area contributed by atoms with E-state index in [1.54, 1.807) is 10.9 Å². The molecule has 1 heterocycles. The predicted octanol–water partition coefficient (Wildman–Crippen LogP) is 3.80. The molecule has 0 radical (unpaired) electrons. The molecule has 0 bridgehead atoms. The van der Waals surface area contributed by atoms with Gasteiger partial charge in [-0.2, -0.15) is 14.9 Å². The van der Waals surface area contributed by atoms with Crippen molar-refractivity contribution in [1.29, 1.82) is 0 Å². The van der Waals surface area contributed by atoms with E-state index in [9.17, 15) is 0 Å². The van der Waals surface area contributed by atoms with Gasteiger partial charge < -0.3 is 0 Å². The molecule has 1 N–H and O–H groups in total. The summed E-state index contributed by atoms with van der Waals surface area (Å²) in [6, 6.07) is 18.0. The molecule has 0 spiro atoms. The van der Waals surface area contributed by atoms with Gasteiger partial charge >= 0.3 is 0 Å². The third kappa shape index (κ3) is 2.98. The summed E-state index contributed by atoms with van der Waals surface area (Å²) >= 11 is 5.25. The van der Waals surface area contributed by atoms with Crippen molar-refractivity contribution in [2.24, 2.45) is 5.10 Å². The topological polar surface area (TPSA) is 46.0 Å². The molecule has 0 aliphatic carbocycles. The highest BCUT2D eigenvalue weighted by Gasteiger charge is 2.06. The van der Waals surface area contributed by atoms with Crippen LogP contribution in [0.25, 0.3) is 11.4 Å². The van der Waals surface area contributed by atoms with Gasteiger partial charge in [-0.25, -0.2) is 5.10 Å². The van der Waals surface area contributed by atoms with Crippen molar-refractivity contribution >= 4 is 18.4 Å². The number of aromatic nitrogens is 3. The van der Waals surface area contributed by atoms with Crippen LogP contribution in [0, 0.1) is 11.7 Å². The summed E-state index contributed by atoms with van der Waals surface area (Å²) in [5, 5.41) is 11.5. The van der Waals surface area contributed by atoms with E-state index in [4.69, 9.17) is 12.2 Å². The van der Waals surface area contributed by atoms with Crippen LogP contribution in [0.15, 0.2) is 59.7 Å². The van der Waals surface area contributed by atoms with Gasteiger partial charge in [-0.3, -0.25) is 0 Å². The molecule has 1 aromatic heterocycles. The summed E-state index contributed by atoms with van der Waals surface area (Å²) < 4.78 is 2.10. The fourth-order valence-electron chi connectivity index (χ4n) is 2.05. The zero-order chi connectivity index (χ0) is 14.7. The normalized spacial score (nSPS) is 11.1. The molecule has 3 rings (SSSR count). The average molecular weight is 294 g/mol. The molecule has 0 saturated heterocycles. The number of aryl methyl sites for hydroxylation is 1. The van der Waals surface area contributed by atoms with Crippen molar-refractivity contribution in [3.05, 3.63) is 70.5 Å². The van der Waals surface area contributed by atoms with E-state index in [0.29, 0.717) is 10.6 Å². The lowest BCUT2D eigenvalue weighted by Gasteiger charge is -2.00. The van der Waals surface area contributed by atoms with Crippen LogP contribution >= 0.6 is 12.2 Å². The van der Waals surface area contributed by atoms with Crippen molar-refractivity contribution in [2.45, 2.75) is 6.92 Å². The van der Waals surface area contributed by atoms with Crippen LogP contribution in [0.1, 0.15) is 11.1 Å². The molecule has 21 heavy (non-hydrogen) atoms. The van der Waals surface area contributed by atoms with Gasteiger partial charge in [0.2, 0.25) is 4.77 Å². The lowest BCUT2D eigenvalue weighted by Crippen LogP contribution is -1.95. The van der Waals surface area contributed by atoms with E-state index in [1.807, 2.05) is 42.5 Å². The first kappa shape index (κ1) is 13.5. The Morgan fingerprint density at radius 1 is 1.14 bits per heavy atom. The molecule has 0 saturated carbocycles. The van der Waals surface area contributed by atoms with Crippen molar-refractivity contribution in [3.8, 4) is 11.4 Å². The summed E-state index contributed by atoms with van der Waals surface area (Å²) in [4.78, 5) is 0. The zero-order valence-electron chi connectivity index (χ0n) is 11.5. The number of H-pyrrole nitrogens is 1. The molecular weight excluding hydrogens is 280 g/mol. The molecule has 3 aromatic rings. The van der Waals surface area contributed by atoms with Crippen molar-refractivity contribution in [2.75, 3.05) is 0 Å². The Bertz CT molecular complexity index is 831. The smallest absolute Gasteiger partial charge is 0.216 e. The summed E-state index contributed by atoms with van der Waals surface area (Å²) in [7, 11) is 0. The minimum atomic E-state index is 0.470. The van der Waals surface area contributed by atoms with E-state index in [-0.39, 0.29) is 0 Å². The average Bonchev–Trinajstić information content (AvgIpc) is 2.87. The first-order valence-electron chi connectivity index (χ1n) is 6.58. The van der Waals surface area contributed by atoms with Crippen LogP contribution in [0.3, 0.4) is 0 Å². The molecule has 0 amide bonds. The van der Waals surface area contributed by atoms with E-state index < -0.39 is 0 Å². The number of benzene rings is 2. The van der Waals surface area contributed by atoms with Gasteiger partial charge in [0.15, 0.2) is 5.82 Å². The molecule has 2 aromatic carbocycles. The molecule has 0 atom stereocenters. The Balaban J connectivity index is 2.00. The Labute approximate surface area is 127 Å². The second-order valence-electron chi connectivity index (χ2n) is 4.69. The van der Waals surface area contributed by atoms with Gasteiger partial charge in [0, 0.05) is 5.56 Å². The highest BCUT2D eigenvalue weighted by molar-refractivity contribution is 7.71. The standard InChI is InChI=1S/C16H14N4S/c1-12-6-5-7-13(10-12)11-17-20-15(18-19-16(20)21)14-8-3-2-4-9-14/h2-11H,1H3,(H,19,21)/b17-11+. The predicted molar refractivity (Wildman–Crippen MR) is 87.0 cm³/mol. The van der Waals surface area contributed by atoms with Gasteiger partial charge in [-0.15, -0.1) is 0 Å². The molecular formula is C16H14N4S. The number of nitrogens with one attached hydrogen (secondary N) is 1. The highest BCUT2D eigenvalue weighted by atomic mass is 32.1. The number of rotatable bonds is 3.